The van der Waals surface area contributed by atoms with Crippen molar-refractivity contribution in [2.24, 2.45) is 0 Å². The highest BCUT2D eigenvalue weighted by atomic mass is 16.2. The molecule has 0 aliphatic carbocycles. The number of nitrogens with zero attached hydrogens (tertiary/aromatic N) is 1. The highest BCUT2D eigenvalue weighted by molar-refractivity contribution is 5.94. The number of rotatable bonds is 7. The topological polar surface area (TPSA) is 53.9 Å². The van der Waals surface area contributed by atoms with Gasteiger partial charge in [0, 0.05) is 17.8 Å². The van der Waals surface area contributed by atoms with Gasteiger partial charge < -0.3 is 15.1 Å². The van der Waals surface area contributed by atoms with Gasteiger partial charge in [-0.3, -0.25) is 9.59 Å². The van der Waals surface area contributed by atoms with E-state index in [0.29, 0.717) is 13.1 Å². The van der Waals surface area contributed by atoms with Gasteiger partial charge in [-0.25, -0.2) is 0 Å². The standard InChI is InChI=1S/C17H27N3O2/c1-13(2)18-16(21)11-19(5)12-17(22)20(14(3)4)15-9-7-6-8-10-15/h6-10,13-14H,11-12H2,1-5H3,(H,18,21)/p+1. The maximum absolute atomic E-state index is 12.6. The van der Waals surface area contributed by atoms with Gasteiger partial charge in [-0.15, -0.1) is 0 Å². The molecule has 0 heterocycles. The molecule has 1 rings (SSSR count). The number of carbonyl (C=O) groups excluding carboxylic acids is 2. The van der Waals surface area contributed by atoms with Crippen LogP contribution in [0.5, 0.6) is 0 Å². The van der Waals surface area contributed by atoms with Gasteiger partial charge in [0.1, 0.15) is 0 Å². The zero-order valence-electron chi connectivity index (χ0n) is 14.2. The lowest BCUT2D eigenvalue weighted by molar-refractivity contribution is -0.862. The molecule has 5 nitrogen and oxygen atoms in total. The predicted molar refractivity (Wildman–Crippen MR) is 89.0 cm³/mol. The number of hydrogen-bond donors (Lipinski definition) is 2. The highest BCUT2D eigenvalue weighted by Crippen LogP contribution is 2.16. The van der Waals surface area contributed by atoms with Crippen LogP contribution in [-0.2, 0) is 9.59 Å². The van der Waals surface area contributed by atoms with E-state index in [4.69, 9.17) is 0 Å². The van der Waals surface area contributed by atoms with Crippen LogP contribution in [0.15, 0.2) is 30.3 Å². The number of hydrogen-bond acceptors (Lipinski definition) is 2. The number of anilines is 1. The summed E-state index contributed by atoms with van der Waals surface area (Å²) in [5.74, 6) is -0.00726. The third kappa shape index (κ3) is 5.85. The van der Waals surface area contributed by atoms with Gasteiger partial charge in [0.15, 0.2) is 13.1 Å². The highest BCUT2D eigenvalue weighted by Gasteiger charge is 2.23. The number of para-hydroxylation sites is 1. The Hall–Kier alpha value is -1.88. The van der Waals surface area contributed by atoms with Crippen molar-refractivity contribution in [3.05, 3.63) is 30.3 Å². The summed E-state index contributed by atoms with van der Waals surface area (Å²) in [4.78, 5) is 27.0. The Kier molecular flexibility index (Phi) is 7.05. The molecule has 22 heavy (non-hydrogen) atoms. The third-order valence-corrected chi connectivity index (χ3v) is 3.18. The van der Waals surface area contributed by atoms with Gasteiger partial charge in [0.2, 0.25) is 0 Å². The summed E-state index contributed by atoms with van der Waals surface area (Å²) in [6.07, 6.45) is 0. The predicted octanol–water partition coefficient (Wildman–Crippen LogP) is 0.467. The molecule has 122 valence electrons. The van der Waals surface area contributed by atoms with Crippen LogP contribution in [0.2, 0.25) is 0 Å². The molecule has 0 saturated heterocycles. The second kappa shape index (κ2) is 8.54. The summed E-state index contributed by atoms with van der Waals surface area (Å²) < 4.78 is 0. The molecule has 0 aliphatic rings. The Morgan fingerprint density at radius 1 is 1.09 bits per heavy atom. The van der Waals surface area contributed by atoms with E-state index in [2.05, 4.69) is 5.32 Å². The molecule has 1 aromatic rings. The van der Waals surface area contributed by atoms with E-state index in [-0.39, 0.29) is 23.9 Å². The van der Waals surface area contributed by atoms with E-state index in [1.54, 1.807) is 4.90 Å². The van der Waals surface area contributed by atoms with Crippen LogP contribution >= 0.6 is 0 Å². The van der Waals surface area contributed by atoms with Gasteiger partial charge in [0.25, 0.3) is 11.8 Å². The molecule has 0 aliphatic heterocycles. The minimum absolute atomic E-state index is 0.0241. The lowest BCUT2D eigenvalue weighted by Gasteiger charge is -2.27. The summed E-state index contributed by atoms with van der Waals surface area (Å²) in [6.45, 7) is 8.42. The fourth-order valence-corrected chi connectivity index (χ4v) is 2.37. The van der Waals surface area contributed by atoms with Gasteiger partial charge in [-0.05, 0) is 39.8 Å². The van der Waals surface area contributed by atoms with Gasteiger partial charge in [0.05, 0.1) is 7.05 Å². The van der Waals surface area contributed by atoms with Crippen molar-refractivity contribution in [2.75, 3.05) is 25.0 Å². The Bertz CT molecular complexity index is 486. The van der Waals surface area contributed by atoms with Crippen LogP contribution in [0.1, 0.15) is 27.7 Å². The quantitative estimate of drug-likeness (QED) is 0.769. The van der Waals surface area contributed by atoms with Gasteiger partial charge in [-0.2, -0.15) is 0 Å². The second-order valence-corrected chi connectivity index (χ2v) is 6.23. The van der Waals surface area contributed by atoms with E-state index in [0.717, 1.165) is 10.6 Å². The lowest BCUT2D eigenvalue weighted by Crippen LogP contribution is -3.11. The van der Waals surface area contributed by atoms with Crippen LogP contribution in [0.3, 0.4) is 0 Å². The monoisotopic (exact) mass is 306 g/mol. The first-order valence-corrected chi connectivity index (χ1v) is 7.79. The van der Waals surface area contributed by atoms with E-state index >= 15 is 0 Å². The lowest BCUT2D eigenvalue weighted by atomic mass is 10.2. The van der Waals surface area contributed by atoms with Crippen molar-refractivity contribution >= 4 is 17.5 Å². The van der Waals surface area contributed by atoms with Crippen LogP contribution in [0, 0.1) is 0 Å². The van der Waals surface area contributed by atoms with E-state index in [9.17, 15) is 9.59 Å². The molecule has 1 atom stereocenters. The Morgan fingerprint density at radius 2 is 1.68 bits per heavy atom. The van der Waals surface area contributed by atoms with Gasteiger partial charge >= 0.3 is 0 Å². The van der Waals surface area contributed by atoms with E-state index in [1.807, 2.05) is 65.1 Å². The Morgan fingerprint density at radius 3 is 2.18 bits per heavy atom. The van der Waals surface area contributed by atoms with Crippen molar-refractivity contribution in [3.63, 3.8) is 0 Å². The number of quaternary nitrogens is 1. The van der Waals surface area contributed by atoms with E-state index in [1.165, 1.54) is 0 Å². The van der Waals surface area contributed by atoms with Crippen LogP contribution in [0.25, 0.3) is 0 Å². The molecular weight excluding hydrogens is 278 g/mol. The zero-order valence-corrected chi connectivity index (χ0v) is 14.2. The van der Waals surface area contributed by atoms with E-state index < -0.39 is 0 Å². The molecule has 0 radical (unpaired) electrons. The molecule has 5 heteroatoms. The van der Waals surface area contributed by atoms with Crippen molar-refractivity contribution in [1.82, 2.24) is 5.32 Å². The summed E-state index contributed by atoms with van der Waals surface area (Å²) in [6, 6.07) is 9.83. The summed E-state index contributed by atoms with van der Waals surface area (Å²) in [7, 11) is 1.86. The SMILES string of the molecule is CC(C)NC(=O)C[NH+](C)CC(=O)N(c1ccccc1)C(C)C. The first-order chi connectivity index (χ1) is 10.3. The van der Waals surface area contributed by atoms with Crippen molar-refractivity contribution in [2.45, 2.75) is 39.8 Å². The number of benzene rings is 1. The first-order valence-electron chi connectivity index (χ1n) is 7.79. The Balaban J connectivity index is 2.66. The summed E-state index contributed by atoms with van der Waals surface area (Å²) in [5.41, 5.74) is 0.891. The average molecular weight is 306 g/mol. The van der Waals surface area contributed by atoms with Crippen LogP contribution in [0.4, 0.5) is 5.69 Å². The van der Waals surface area contributed by atoms with Gasteiger partial charge in [-0.1, -0.05) is 18.2 Å². The average Bonchev–Trinajstić information content (AvgIpc) is 2.37. The minimum Gasteiger partial charge on any atom is -0.349 e. The molecule has 2 amide bonds. The maximum atomic E-state index is 12.6. The van der Waals surface area contributed by atoms with Crippen molar-refractivity contribution in [3.8, 4) is 0 Å². The molecular formula is C17H28N3O2+. The number of amides is 2. The molecule has 2 N–H and O–H groups in total. The molecule has 0 fully saturated rings. The molecule has 0 spiro atoms. The molecule has 1 aromatic carbocycles. The van der Waals surface area contributed by atoms with Crippen molar-refractivity contribution < 1.29 is 14.5 Å². The first kappa shape index (κ1) is 18.2. The number of likely N-dealkylation sites (N-methyl/N-ethyl adjacent to an activating group) is 1. The molecule has 0 aromatic heterocycles. The van der Waals surface area contributed by atoms with Crippen LogP contribution in [-0.4, -0.2) is 44.0 Å². The number of nitrogens with one attached hydrogen (secondary N) is 2. The summed E-state index contributed by atoms with van der Waals surface area (Å²) in [5, 5.41) is 2.85. The zero-order chi connectivity index (χ0) is 16.7. The summed E-state index contributed by atoms with van der Waals surface area (Å²) >= 11 is 0. The fraction of sp³-hybridized carbons (Fsp3) is 0.529. The van der Waals surface area contributed by atoms with Crippen molar-refractivity contribution in [1.29, 1.82) is 0 Å². The molecule has 0 saturated carbocycles. The maximum Gasteiger partial charge on any atom is 0.282 e. The number of carbonyl (C=O) groups is 2. The van der Waals surface area contributed by atoms with Crippen LogP contribution < -0.4 is 15.1 Å². The smallest absolute Gasteiger partial charge is 0.282 e. The largest absolute Gasteiger partial charge is 0.349 e. The second-order valence-electron chi connectivity index (χ2n) is 6.23. The normalized spacial score (nSPS) is 12.3. The Labute approximate surface area is 133 Å². The minimum atomic E-state index is -0.0314. The third-order valence-electron chi connectivity index (χ3n) is 3.18. The fourth-order valence-electron chi connectivity index (χ4n) is 2.37. The molecule has 1 unspecified atom stereocenters. The molecule has 0 bridgehead atoms.